The maximum Gasteiger partial charge on any atom is 0.153 e. The minimum atomic E-state index is 0. The van der Waals surface area contributed by atoms with Gasteiger partial charge in [0.25, 0.3) is 0 Å². The Balaban J connectivity index is 0.00000259. The molecule has 33 heavy (non-hydrogen) atoms. The predicted molar refractivity (Wildman–Crippen MR) is 142 cm³/mol. The number of hydrogen-bond donors (Lipinski definition) is 0. The Morgan fingerprint density at radius 3 is 2.24 bits per heavy atom. The lowest BCUT2D eigenvalue weighted by atomic mass is 9.90. The van der Waals surface area contributed by atoms with Crippen LogP contribution in [0.2, 0.25) is 0 Å². The first kappa shape index (κ1) is 23.4. The van der Waals surface area contributed by atoms with Crippen LogP contribution in [-0.2, 0) is 13.0 Å². The van der Waals surface area contributed by atoms with Crippen molar-refractivity contribution in [3.8, 4) is 0 Å². The van der Waals surface area contributed by atoms with E-state index in [1.54, 1.807) is 0 Å². The van der Waals surface area contributed by atoms with Crippen LogP contribution in [0.15, 0.2) is 66.9 Å². The number of fused-ring (bicyclic) bond motifs is 1. The van der Waals surface area contributed by atoms with Gasteiger partial charge in [-0.1, -0.05) is 60.2 Å². The van der Waals surface area contributed by atoms with Crippen molar-refractivity contribution < 1.29 is 0 Å². The van der Waals surface area contributed by atoms with Crippen LogP contribution in [0.25, 0.3) is 10.9 Å². The Bertz CT molecular complexity index is 1200. The van der Waals surface area contributed by atoms with Crippen LogP contribution in [-0.4, -0.2) is 22.6 Å². The standard InChI is InChI=1S/C29H33N3.ClH/c1-21-9-11-26(12-10-21)20-32-23(3)22(2)27-13-16-30-29(28(27)32)31-17-14-25(15-18-31)19-24-7-5-4-6-8-24;/h4-13,16,25H,14-15,17-20H2,1-3H3;1H. The molecule has 4 aromatic rings. The highest BCUT2D eigenvalue weighted by Crippen LogP contribution is 2.34. The van der Waals surface area contributed by atoms with Gasteiger partial charge in [0.15, 0.2) is 5.82 Å². The molecule has 0 unspecified atom stereocenters. The van der Waals surface area contributed by atoms with Crippen molar-refractivity contribution in [3.05, 3.63) is 94.8 Å². The zero-order valence-corrected chi connectivity index (χ0v) is 20.7. The molecule has 0 atom stereocenters. The van der Waals surface area contributed by atoms with Crippen LogP contribution >= 0.6 is 12.4 Å². The zero-order valence-electron chi connectivity index (χ0n) is 19.9. The van der Waals surface area contributed by atoms with Gasteiger partial charge in [0.1, 0.15) is 0 Å². The quantitative estimate of drug-likeness (QED) is 0.324. The van der Waals surface area contributed by atoms with E-state index in [-0.39, 0.29) is 12.4 Å². The number of pyridine rings is 1. The summed E-state index contributed by atoms with van der Waals surface area (Å²) in [5, 5.41) is 1.34. The van der Waals surface area contributed by atoms with Gasteiger partial charge in [0.2, 0.25) is 0 Å². The third-order valence-corrected chi connectivity index (χ3v) is 7.27. The number of hydrogen-bond acceptors (Lipinski definition) is 2. The molecular weight excluding hydrogens is 426 g/mol. The van der Waals surface area contributed by atoms with Crippen molar-refractivity contribution >= 4 is 29.1 Å². The Morgan fingerprint density at radius 2 is 1.55 bits per heavy atom. The summed E-state index contributed by atoms with van der Waals surface area (Å²) in [7, 11) is 0. The van der Waals surface area contributed by atoms with Crippen LogP contribution < -0.4 is 4.90 Å². The molecule has 0 radical (unpaired) electrons. The molecule has 1 aliphatic rings. The second-order valence-corrected chi connectivity index (χ2v) is 9.43. The lowest BCUT2D eigenvalue weighted by Gasteiger charge is -2.33. The topological polar surface area (TPSA) is 21.1 Å². The average Bonchev–Trinajstić information content (AvgIpc) is 3.07. The van der Waals surface area contributed by atoms with Crippen molar-refractivity contribution in [2.75, 3.05) is 18.0 Å². The van der Waals surface area contributed by atoms with Gasteiger partial charge in [-0.3, -0.25) is 0 Å². The SMILES string of the molecule is Cc1ccc(Cn2c(C)c(C)c3ccnc(N4CCC(Cc5ccccc5)CC4)c32)cc1.Cl. The lowest BCUT2D eigenvalue weighted by Crippen LogP contribution is -2.35. The van der Waals surface area contributed by atoms with Gasteiger partial charge >= 0.3 is 0 Å². The summed E-state index contributed by atoms with van der Waals surface area (Å²) in [5.74, 6) is 1.92. The van der Waals surface area contributed by atoms with Gasteiger partial charge in [-0.05, 0) is 68.7 Å². The first-order chi connectivity index (χ1) is 15.6. The second-order valence-electron chi connectivity index (χ2n) is 9.43. The molecule has 3 heterocycles. The summed E-state index contributed by atoms with van der Waals surface area (Å²) in [6.45, 7) is 9.70. The fourth-order valence-electron chi connectivity index (χ4n) is 5.18. The average molecular weight is 460 g/mol. The van der Waals surface area contributed by atoms with Gasteiger partial charge in [0.05, 0.1) is 5.52 Å². The predicted octanol–water partition coefficient (Wildman–Crippen LogP) is 6.89. The Hall–Kier alpha value is -2.78. The molecule has 0 aliphatic carbocycles. The molecule has 1 saturated heterocycles. The van der Waals surface area contributed by atoms with E-state index in [1.807, 2.05) is 6.20 Å². The molecule has 3 nitrogen and oxygen atoms in total. The van der Waals surface area contributed by atoms with Crippen molar-refractivity contribution in [2.45, 2.75) is 46.6 Å². The molecule has 2 aromatic heterocycles. The number of nitrogens with zero attached hydrogens (tertiary/aromatic N) is 3. The number of rotatable bonds is 5. The maximum atomic E-state index is 4.92. The molecule has 2 aromatic carbocycles. The van der Waals surface area contributed by atoms with E-state index in [9.17, 15) is 0 Å². The van der Waals surface area contributed by atoms with Gasteiger partial charge in [-0.2, -0.15) is 0 Å². The van der Waals surface area contributed by atoms with E-state index in [0.29, 0.717) is 0 Å². The largest absolute Gasteiger partial charge is 0.355 e. The molecule has 0 saturated carbocycles. The van der Waals surface area contributed by atoms with Crippen LogP contribution in [0.5, 0.6) is 0 Å². The highest BCUT2D eigenvalue weighted by molar-refractivity contribution is 5.93. The Kier molecular flexibility index (Phi) is 7.09. The third kappa shape index (κ3) is 4.79. The first-order valence-electron chi connectivity index (χ1n) is 11.9. The molecular formula is C29H34ClN3. The number of piperidine rings is 1. The van der Waals surface area contributed by atoms with Gasteiger partial charge in [-0.15, -0.1) is 12.4 Å². The monoisotopic (exact) mass is 459 g/mol. The highest BCUT2D eigenvalue weighted by atomic mass is 35.5. The van der Waals surface area contributed by atoms with Crippen molar-refractivity contribution in [3.63, 3.8) is 0 Å². The minimum Gasteiger partial charge on any atom is -0.355 e. The summed E-state index contributed by atoms with van der Waals surface area (Å²) in [5.41, 5.74) is 8.12. The van der Waals surface area contributed by atoms with Crippen LogP contribution in [0.4, 0.5) is 5.82 Å². The summed E-state index contributed by atoms with van der Waals surface area (Å²) in [4.78, 5) is 7.44. The molecule has 5 rings (SSSR count). The summed E-state index contributed by atoms with van der Waals surface area (Å²) >= 11 is 0. The Labute approximate surface area is 203 Å². The Morgan fingerprint density at radius 1 is 0.848 bits per heavy atom. The molecule has 4 heteroatoms. The van der Waals surface area contributed by atoms with E-state index >= 15 is 0 Å². The number of aryl methyl sites for hydroxylation is 2. The molecule has 0 N–H and O–H groups in total. The highest BCUT2D eigenvalue weighted by Gasteiger charge is 2.24. The van der Waals surface area contributed by atoms with Crippen molar-refractivity contribution in [2.24, 2.45) is 5.92 Å². The zero-order chi connectivity index (χ0) is 22.1. The van der Waals surface area contributed by atoms with Crippen LogP contribution in [0, 0.1) is 26.7 Å². The second kappa shape index (κ2) is 10.0. The number of benzene rings is 2. The number of anilines is 1. The van der Waals surface area contributed by atoms with E-state index < -0.39 is 0 Å². The molecule has 0 amide bonds. The third-order valence-electron chi connectivity index (χ3n) is 7.27. The molecule has 1 fully saturated rings. The normalized spacial score (nSPS) is 14.5. The molecule has 172 valence electrons. The number of halogens is 1. The van der Waals surface area contributed by atoms with E-state index in [4.69, 9.17) is 4.98 Å². The lowest BCUT2D eigenvalue weighted by molar-refractivity contribution is 0.402. The van der Waals surface area contributed by atoms with Gasteiger partial charge < -0.3 is 9.47 Å². The van der Waals surface area contributed by atoms with Gasteiger partial charge in [-0.25, -0.2) is 4.98 Å². The fourth-order valence-corrected chi connectivity index (χ4v) is 5.18. The van der Waals surface area contributed by atoms with Gasteiger partial charge in [0, 0.05) is 36.9 Å². The first-order valence-corrected chi connectivity index (χ1v) is 11.9. The summed E-state index contributed by atoms with van der Waals surface area (Å²) in [6, 6.07) is 22.0. The number of aromatic nitrogens is 2. The van der Waals surface area contributed by atoms with Crippen molar-refractivity contribution in [1.82, 2.24) is 9.55 Å². The molecule has 1 aliphatic heterocycles. The van der Waals surface area contributed by atoms with Crippen LogP contribution in [0.1, 0.15) is 40.8 Å². The van der Waals surface area contributed by atoms with E-state index in [2.05, 4.69) is 90.9 Å². The molecule has 0 spiro atoms. The fraction of sp³-hybridized carbons (Fsp3) is 0.345. The summed E-state index contributed by atoms with van der Waals surface area (Å²) in [6.07, 6.45) is 5.64. The van der Waals surface area contributed by atoms with E-state index in [0.717, 1.165) is 31.4 Å². The maximum absolute atomic E-state index is 4.92. The van der Waals surface area contributed by atoms with Crippen LogP contribution in [0.3, 0.4) is 0 Å². The smallest absolute Gasteiger partial charge is 0.153 e. The van der Waals surface area contributed by atoms with Crippen molar-refractivity contribution in [1.29, 1.82) is 0 Å². The molecule has 0 bridgehead atoms. The summed E-state index contributed by atoms with van der Waals surface area (Å²) < 4.78 is 2.48. The minimum absolute atomic E-state index is 0. The van der Waals surface area contributed by atoms with E-state index in [1.165, 1.54) is 58.1 Å².